The van der Waals surface area contributed by atoms with Crippen LogP contribution in [0.2, 0.25) is 0 Å². The number of hydrogen-bond acceptors (Lipinski definition) is 4. The van der Waals surface area contributed by atoms with Crippen LogP contribution in [0.3, 0.4) is 0 Å². The summed E-state index contributed by atoms with van der Waals surface area (Å²) in [7, 11) is 0. The molecule has 1 aromatic heterocycles. The Balaban J connectivity index is 1.55. The Morgan fingerprint density at radius 1 is 1.00 bits per heavy atom. The van der Waals surface area contributed by atoms with E-state index in [0.29, 0.717) is 11.8 Å². The number of hydrogen-bond donors (Lipinski definition) is 1. The van der Waals surface area contributed by atoms with Crippen LogP contribution in [0, 0.1) is 6.92 Å². The van der Waals surface area contributed by atoms with Gasteiger partial charge in [0, 0.05) is 23.4 Å². The summed E-state index contributed by atoms with van der Waals surface area (Å²) >= 11 is 1.76. The molecule has 0 saturated carbocycles. The van der Waals surface area contributed by atoms with Crippen molar-refractivity contribution < 1.29 is 4.84 Å². The monoisotopic (exact) mass is 376 g/mol. The van der Waals surface area contributed by atoms with Gasteiger partial charge in [-0.1, -0.05) is 60.7 Å². The first-order valence-electron chi connectivity index (χ1n) is 9.28. The third-order valence-corrected chi connectivity index (χ3v) is 6.16. The van der Waals surface area contributed by atoms with Crippen LogP contribution < -0.4 is 5.73 Å². The average Bonchev–Trinajstić information content (AvgIpc) is 3.28. The van der Waals surface area contributed by atoms with E-state index in [-0.39, 0.29) is 6.04 Å². The number of rotatable bonds is 6. The lowest BCUT2D eigenvalue weighted by Crippen LogP contribution is -2.26. The van der Waals surface area contributed by atoms with Gasteiger partial charge in [-0.3, -0.25) is 0 Å². The third kappa shape index (κ3) is 3.92. The molecule has 138 valence electrons. The molecule has 4 rings (SSSR count). The third-order valence-electron chi connectivity index (χ3n) is 5.07. The maximum Gasteiger partial charge on any atom is 0.207 e. The highest BCUT2D eigenvalue weighted by Gasteiger charge is 2.30. The standard InChI is InChI=1S/C23H24N2OS/c1-17-13-15-27-23(17)21-16-22(24)26-25(21)14-12-20(18-8-4-2-5-9-18)19-10-6-3-7-11-19/h2-11,13,15-16,20-21H,12,14,24H2,1H3. The Bertz CT molecular complexity index is 865. The Morgan fingerprint density at radius 2 is 1.63 bits per heavy atom. The second-order valence-corrected chi connectivity index (χ2v) is 7.82. The largest absolute Gasteiger partial charge is 0.388 e. The minimum Gasteiger partial charge on any atom is -0.388 e. The summed E-state index contributed by atoms with van der Waals surface area (Å²) in [6, 6.07) is 23.6. The van der Waals surface area contributed by atoms with Crippen molar-refractivity contribution in [3.05, 3.63) is 106 Å². The maximum absolute atomic E-state index is 6.00. The highest BCUT2D eigenvalue weighted by atomic mass is 32.1. The first kappa shape index (κ1) is 17.8. The van der Waals surface area contributed by atoms with Gasteiger partial charge in [0.25, 0.3) is 0 Å². The molecule has 1 unspecified atom stereocenters. The van der Waals surface area contributed by atoms with Gasteiger partial charge < -0.3 is 10.6 Å². The van der Waals surface area contributed by atoms with Crippen LogP contribution in [0.1, 0.15) is 39.9 Å². The quantitative estimate of drug-likeness (QED) is 0.629. The van der Waals surface area contributed by atoms with Gasteiger partial charge in [-0.05, 0) is 41.5 Å². The second-order valence-electron chi connectivity index (χ2n) is 6.88. The molecule has 0 radical (unpaired) electrons. The topological polar surface area (TPSA) is 38.5 Å². The highest BCUT2D eigenvalue weighted by Crippen LogP contribution is 2.36. The molecule has 3 aromatic rings. The van der Waals surface area contributed by atoms with Crippen LogP contribution in [0.5, 0.6) is 0 Å². The molecule has 0 spiro atoms. The summed E-state index contributed by atoms with van der Waals surface area (Å²) < 4.78 is 0. The lowest BCUT2D eigenvalue weighted by molar-refractivity contribution is -0.120. The van der Waals surface area contributed by atoms with E-state index >= 15 is 0 Å². The molecule has 3 nitrogen and oxygen atoms in total. The molecule has 0 saturated heterocycles. The summed E-state index contributed by atoms with van der Waals surface area (Å²) in [5.41, 5.74) is 9.94. The Morgan fingerprint density at radius 3 is 2.19 bits per heavy atom. The van der Waals surface area contributed by atoms with Crippen LogP contribution in [-0.2, 0) is 4.84 Å². The van der Waals surface area contributed by atoms with E-state index in [0.717, 1.165) is 13.0 Å². The molecule has 4 heteroatoms. The van der Waals surface area contributed by atoms with Crippen molar-refractivity contribution in [2.24, 2.45) is 5.73 Å². The number of thiophene rings is 1. The number of nitrogens with zero attached hydrogens (tertiary/aromatic N) is 1. The summed E-state index contributed by atoms with van der Waals surface area (Å²) in [5, 5.41) is 4.15. The van der Waals surface area contributed by atoms with Crippen molar-refractivity contribution in [1.82, 2.24) is 5.06 Å². The average molecular weight is 377 g/mol. The zero-order chi connectivity index (χ0) is 18.6. The maximum atomic E-state index is 6.00. The molecule has 2 heterocycles. The van der Waals surface area contributed by atoms with Crippen molar-refractivity contribution in [2.75, 3.05) is 6.54 Å². The van der Waals surface area contributed by atoms with Crippen LogP contribution in [-0.4, -0.2) is 11.6 Å². The molecule has 1 atom stereocenters. The molecule has 0 amide bonds. The zero-order valence-electron chi connectivity index (χ0n) is 15.4. The van der Waals surface area contributed by atoms with Gasteiger partial charge in [-0.2, -0.15) is 0 Å². The first-order valence-corrected chi connectivity index (χ1v) is 10.2. The van der Waals surface area contributed by atoms with Gasteiger partial charge >= 0.3 is 0 Å². The van der Waals surface area contributed by atoms with Gasteiger partial charge in [0.05, 0.1) is 0 Å². The lowest BCUT2D eigenvalue weighted by Gasteiger charge is -2.25. The van der Waals surface area contributed by atoms with Gasteiger partial charge in [-0.15, -0.1) is 16.4 Å². The molecule has 27 heavy (non-hydrogen) atoms. The van der Waals surface area contributed by atoms with E-state index in [2.05, 4.69) is 79.0 Å². The SMILES string of the molecule is Cc1ccsc1C1C=C(N)ON1CCC(c1ccccc1)c1ccccc1. The van der Waals surface area contributed by atoms with E-state index in [1.54, 1.807) is 11.3 Å². The number of nitrogens with two attached hydrogens (primary N) is 1. The number of hydroxylamine groups is 2. The number of benzene rings is 2. The molecule has 0 aliphatic carbocycles. The molecular weight excluding hydrogens is 352 g/mol. The van der Waals surface area contributed by atoms with E-state index in [1.165, 1.54) is 21.6 Å². The fourth-order valence-corrected chi connectivity index (χ4v) is 4.69. The Hall–Kier alpha value is -2.56. The summed E-state index contributed by atoms with van der Waals surface area (Å²) in [6.45, 7) is 2.94. The van der Waals surface area contributed by atoms with E-state index in [9.17, 15) is 0 Å². The molecule has 1 aliphatic rings. The van der Waals surface area contributed by atoms with Crippen LogP contribution in [0.15, 0.2) is 84.1 Å². The van der Waals surface area contributed by atoms with E-state index in [1.807, 2.05) is 11.1 Å². The second kappa shape index (κ2) is 7.99. The van der Waals surface area contributed by atoms with Crippen molar-refractivity contribution in [3.63, 3.8) is 0 Å². The molecule has 2 N–H and O–H groups in total. The van der Waals surface area contributed by atoms with Gasteiger partial charge in [0.1, 0.15) is 6.04 Å². The fraction of sp³-hybridized carbons (Fsp3) is 0.217. The lowest BCUT2D eigenvalue weighted by atomic mass is 9.88. The molecule has 0 bridgehead atoms. The van der Waals surface area contributed by atoms with E-state index in [4.69, 9.17) is 10.6 Å². The molecule has 2 aromatic carbocycles. The summed E-state index contributed by atoms with van der Waals surface area (Å²) in [5.74, 6) is 0.812. The van der Waals surface area contributed by atoms with Crippen molar-refractivity contribution >= 4 is 11.3 Å². The van der Waals surface area contributed by atoms with Gasteiger partial charge in [0.15, 0.2) is 0 Å². The summed E-state index contributed by atoms with van der Waals surface area (Å²) in [6.07, 6.45) is 2.97. The molecule has 1 aliphatic heterocycles. The van der Waals surface area contributed by atoms with Crippen molar-refractivity contribution in [1.29, 1.82) is 0 Å². The van der Waals surface area contributed by atoms with Crippen LogP contribution in [0.4, 0.5) is 0 Å². The van der Waals surface area contributed by atoms with Gasteiger partial charge in [0.2, 0.25) is 5.88 Å². The Kier molecular flexibility index (Phi) is 5.28. The smallest absolute Gasteiger partial charge is 0.207 e. The fourth-order valence-electron chi connectivity index (χ4n) is 3.69. The molecular formula is C23H24N2OS. The van der Waals surface area contributed by atoms with Crippen LogP contribution >= 0.6 is 11.3 Å². The minimum absolute atomic E-state index is 0.0946. The molecule has 0 fully saturated rings. The van der Waals surface area contributed by atoms with Crippen molar-refractivity contribution in [2.45, 2.75) is 25.3 Å². The first-order chi connectivity index (χ1) is 13.2. The highest BCUT2D eigenvalue weighted by molar-refractivity contribution is 7.10. The Labute approximate surface area is 164 Å². The predicted molar refractivity (Wildman–Crippen MR) is 111 cm³/mol. The normalized spacial score (nSPS) is 17.1. The minimum atomic E-state index is 0.0946. The van der Waals surface area contributed by atoms with Gasteiger partial charge in [-0.25, -0.2) is 0 Å². The van der Waals surface area contributed by atoms with Crippen LogP contribution in [0.25, 0.3) is 0 Å². The number of aryl methyl sites for hydroxylation is 1. The van der Waals surface area contributed by atoms with Crippen molar-refractivity contribution in [3.8, 4) is 0 Å². The summed E-state index contributed by atoms with van der Waals surface area (Å²) in [4.78, 5) is 7.15. The zero-order valence-corrected chi connectivity index (χ0v) is 16.2. The van der Waals surface area contributed by atoms with E-state index < -0.39 is 0 Å². The predicted octanol–water partition coefficient (Wildman–Crippen LogP) is 5.37.